The van der Waals surface area contributed by atoms with Gasteiger partial charge in [-0.05, 0) is 37.3 Å². The first-order chi connectivity index (χ1) is 8.22. The first kappa shape index (κ1) is 12.7. The molecule has 0 bridgehead atoms. The number of nitrogens with zero attached hydrogens (tertiary/aromatic N) is 1. The summed E-state index contributed by atoms with van der Waals surface area (Å²) < 4.78 is 0. The lowest BCUT2D eigenvalue weighted by Crippen LogP contribution is -2.25. The van der Waals surface area contributed by atoms with Crippen molar-refractivity contribution in [3.8, 4) is 0 Å². The van der Waals surface area contributed by atoms with E-state index in [-0.39, 0.29) is 0 Å². The zero-order valence-corrected chi connectivity index (χ0v) is 11.2. The highest BCUT2D eigenvalue weighted by atomic mass is 35.5. The standard InChI is InChI=1S/C14H21ClN2/c1-11-4-3-8-17(9-7-11)14-6-2-5-13(15)12(14)10-16/h2,5-6,11H,3-4,7-10,16H2,1H3. The van der Waals surface area contributed by atoms with Crippen molar-refractivity contribution in [1.29, 1.82) is 0 Å². The molecule has 0 aromatic heterocycles. The van der Waals surface area contributed by atoms with Crippen LogP contribution in [0.4, 0.5) is 5.69 Å². The minimum absolute atomic E-state index is 0.515. The van der Waals surface area contributed by atoms with Crippen LogP contribution in [0.5, 0.6) is 0 Å². The van der Waals surface area contributed by atoms with Gasteiger partial charge in [-0.3, -0.25) is 0 Å². The molecule has 1 saturated heterocycles. The molecule has 2 N–H and O–H groups in total. The summed E-state index contributed by atoms with van der Waals surface area (Å²) in [4.78, 5) is 2.44. The maximum atomic E-state index is 6.21. The van der Waals surface area contributed by atoms with Gasteiger partial charge in [-0.15, -0.1) is 0 Å². The molecule has 94 valence electrons. The average Bonchev–Trinajstić information content (AvgIpc) is 2.54. The number of rotatable bonds is 2. The molecule has 2 nitrogen and oxygen atoms in total. The molecule has 0 radical (unpaired) electrons. The van der Waals surface area contributed by atoms with Crippen LogP contribution in [0, 0.1) is 5.92 Å². The first-order valence-corrected chi connectivity index (χ1v) is 6.82. The van der Waals surface area contributed by atoms with Crippen molar-refractivity contribution in [3.63, 3.8) is 0 Å². The molecule has 1 aliphatic heterocycles. The van der Waals surface area contributed by atoms with Gasteiger partial charge in [-0.1, -0.05) is 24.6 Å². The molecule has 1 aliphatic rings. The Balaban J connectivity index is 2.23. The second-order valence-corrected chi connectivity index (χ2v) is 5.37. The quantitative estimate of drug-likeness (QED) is 0.874. The van der Waals surface area contributed by atoms with E-state index in [9.17, 15) is 0 Å². The van der Waals surface area contributed by atoms with Gasteiger partial charge in [0.1, 0.15) is 0 Å². The molecule has 2 rings (SSSR count). The van der Waals surface area contributed by atoms with Crippen LogP contribution in [0.25, 0.3) is 0 Å². The van der Waals surface area contributed by atoms with E-state index < -0.39 is 0 Å². The molecule has 3 heteroatoms. The molecule has 1 unspecified atom stereocenters. The highest BCUT2D eigenvalue weighted by molar-refractivity contribution is 6.31. The number of hydrogen-bond donors (Lipinski definition) is 1. The largest absolute Gasteiger partial charge is 0.371 e. The Morgan fingerprint density at radius 2 is 2.18 bits per heavy atom. The van der Waals surface area contributed by atoms with Crippen LogP contribution in [0.3, 0.4) is 0 Å². The Hall–Kier alpha value is -0.730. The second kappa shape index (κ2) is 5.74. The molecule has 1 atom stereocenters. The highest BCUT2D eigenvalue weighted by Crippen LogP contribution is 2.29. The Kier molecular flexibility index (Phi) is 4.30. The molecule has 0 spiro atoms. The van der Waals surface area contributed by atoms with E-state index in [0.717, 1.165) is 29.6 Å². The molecule has 0 aliphatic carbocycles. The minimum atomic E-state index is 0.515. The molecule has 0 saturated carbocycles. The molecule has 17 heavy (non-hydrogen) atoms. The third kappa shape index (κ3) is 2.93. The van der Waals surface area contributed by atoms with Gasteiger partial charge < -0.3 is 10.6 Å². The fourth-order valence-corrected chi connectivity index (χ4v) is 2.80. The summed E-state index contributed by atoms with van der Waals surface area (Å²) in [6, 6.07) is 6.09. The van der Waals surface area contributed by atoms with Crippen LogP contribution in [-0.4, -0.2) is 13.1 Å². The fourth-order valence-electron chi connectivity index (χ4n) is 2.55. The topological polar surface area (TPSA) is 29.3 Å². The smallest absolute Gasteiger partial charge is 0.0471 e. The summed E-state index contributed by atoms with van der Waals surface area (Å²) in [6.45, 7) is 5.10. The lowest BCUT2D eigenvalue weighted by molar-refractivity contribution is 0.521. The molecule has 1 aromatic rings. The number of hydrogen-bond acceptors (Lipinski definition) is 2. The molecule has 1 aromatic carbocycles. The molecular weight excluding hydrogens is 232 g/mol. The second-order valence-electron chi connectivity index (χ2n) is 4.96. The maximum absolute atomic E-state index is 6.21. The molecular formula is C14H21ClN2. The Labute approximate surface area is 109 Å². The summed E-state index contributed by atoms with van der Waals surface area (Å²) >= 11 is 6.21. The van der Waals surface area contributed by atoms with Gasteiger partial charge >= 0.3 is 0 Å². The van der Waals surface area contributed by atoms with Gasteiger partial charge in [0.15, 0.2) is 0 Å². The first-order valence-electron chi connectivity index (χ1n) is 6.44. The predicted molar refractivity (Wildman–Crippen MR) is 74.6 cm³/mol. The Morgan fingerprint density at radius 1 is 1.35 bits per heavy atom. The molecule has 0 amide bonds. The lowest BCUT2D eigenvalue weighted by Gasteiger charge is -2.25. The summed E-state index contributed by atoms with van der Waals surface area (Å²) in [6.07, 6.45) is 3.85. The minimum Gasteiger partial charge on any atom is -0.371 e. The van der Waals surface area contributed by atoms with Crippen molar-refractivity contribution in [2.75, 3.05) is 18.0 Å². The summed E-state index contributed by atoms with van der Waals surface area (Å²) in [5, 5.41) is 0.794. The molecule has 1 heterocycles. The van der Waals surface area contributed by atoms with Crippen molar-refractivity contribution in [1.82, 2.24) is 0 Å². The van der Waals surface area contributed by atoms with Gasteiger partial charge in [-0.25, -0.2) is 0 Å². The van der Waals surface area contributed by atoms with Crippen molar-refractivity contribution in [2.45, 2.75) is 32.7 Å². The summed E-state index contributed by atoms with van der Waals surface area (Å²) in [5.74, 6) is 0.834. The monoisotopic (exact) mass is 252 g/mol. The van der Waals surface area contributed by atoms with Crippen molar-refractivity contribution < 1.29 is 0 Å². The van der Waals surface area contributed by atoms with Gasteiger partial charge in [0.2, 0.25) is 0 Å². The third-order valence-corrected chi connectivity index (χ3v) is 4.01. The average molecular weight is 253 g/mol. The van der Waals surface area contributed by atoms with Crippen molar-refractivity contribution in [3.05, 3.63) is 28.8 Å². The zero-order chi connectivity index (χ0) is 12.3. The Morgan fingerprint density at radius 3 is 2.94 bits per heavy atom. The van der Waals surface area contributed by atoms with E-state index in [2.05, 4.69) is 17.9 Å². The maximum Gasteiger partial charge on any atom is 0.0471 e. The van der Waals surface area contributed by atoms with Gasteiger partial charge in [0.05, 0.1) is 0 Å². The number of benzene rings is 1. The lowest BCUT2D eigenvalue weighted by atomic mass is 10.0. The van der Waals surface area contributed by atoms with Crippen LogP contribution >= 0.6 is 11.6 Å². The van der Waals surface area contributed by atoms with E-state index in [1.807, 2.05) is 12.1 Å². The van der Waals surface area contributed by atoms with Crippen LogP contribution in [0.1, 0.15) is 31.7 Å². The van der Waals surface area contributed by atoms with E-state index in [1.54, 1.807) is 0 Å². The van der Waals surface area contributed by atoms with Gasteiger partial charge in [0.25, 0.3) is 0 Å². The normalized spacial score (nSPS) is 21.4. The van der Waals surface area contributed by atoms with Gasteiger partial charge in [-0.2, -0.15) is 0 Å². The van der Waals surface area contributed by atoms with E-state index in [0.29, 0.717) is 6.54 Å². The third-order valence-electron chi connectivity index (χ3n) is 3.66. The predicted octanol–water partition coefficient (Wildman–Crippen LogP) is 3.43. The number of halogens is 1. The van der Waals surface area contributed by atoms with E-state index in [4.69, 9.17) is 17.3 Å². The van der Waals surface area contributed by atoms with Crippen molar-refractivity contribution >= 4 is 17.3 Å². The summed E-state index contributed by atoms with van der Waals surface area (Å²) in [7, 11) is 0. The number of anilines is 1. The SMILES string of the molecule is CC1CCCN(c2cccc(Cl)c2CN)CC1. The fraction of sp³-hybridized carbons (Fsp3) is 0.571. The molecule has 1 fully saturated rings. The van der Waals surface area contributed by atoms with Crippen LogP contribution < -0.4 is 10.6 Å². The highest BCUT2D eigenvalue weighted by Gasteiger charge is 2.17. The summed E-state index contributed by atoms with van der Waals surface area (Å²) in [5.41, 5.74) is 8.13. The Bertz CT molecular complexity index is 378. The van der Waals surface area contributed by atoms with E-state index >= 15 is 0 Å². The van der Waals surface area contributed by atoms with Crippen LogP contribution in [0.15, 0.2) is 18.2 Å². The van der Waals surface area contributed by atoms with Crippen molar-refractivity contribution in [2.24, 2.45) is 11.7 Å². The van der Waals surface area contributed by atoms with Crippen LogP contribution in [0.2, 0.25) is 5.02 Å². The van der Waals surface area contributed by atoms with E-state index in [1.165, 1.54) is 24.9 Å². The van der Waals surface area contributed by atoms with Crippen LogP contribution in [-0.2, 0) is 6.54 Å². The number of nitrogens with two attached hydrogens (primary N) is 1. The van der Waals surface area contributed by atoms with Gasteiger partial charge in [0, 0.05) is 35.9 Å². The zero-order valence-electron chi connectivity index (χ0n) is 10.5.